The summed E-state index contributed by atoms with van der Waals surface area (Å²) in [5.41, 5.74) is 5.26. The fourth-order valence-electron chi connectivity index (χ4n) is 2.12. The maximum absolute atomic E-state index is 5.62. The van der Waals surface area contributed by atoms with Gasteiger partial charge < -0.3 is 0 Å². The Morgan fingerprint density at radius 2 is 2.16 bits per heavy atom. The van der Waals surface area contributed by atoms with E-state index in [-0.39, 0.29) is 0 Å². The van der Waals surface area contributed by atoms with Crippen LogP contribution in [0.2, 0.25) is 0 Å². The molecule has 0 fully saturated rings. The van der Waals surface area contributed by atoms with E-state index in [0.29, 0.717) is 6.04 Å². The highest BCUT2D eigenvalue weighted by Gasteiger charge is 2.08. The predicted molar refractivity (Wildman–Crippen MR) is 75.2 cm³/mol. The second-order valence-corrected chi connectivity index (χ2v) is 4.78. The van der Waals surface area contributed by atoms with Gasteiger partial charge in [0.2, 0.25) is 0 Å². The predicted octanol–water partition coefficient (Wildman–Crippen LogP) is 1.21. The lowest BCUT2D eigenvalue weighted by atomic mass is 10.0. The molecule has 0 aliphatic heterocycles. The number of nitrogens with one attached hydrogen (secondary N) is 1. The Kier molecular flexibility index (Phi) is 5.06. The molecule has 0 bridgehead atoms. The van der Waals surface area contributed by atoms with Crippen molar-refractivity contribution in [2.24, 2.45) is 12.9 Å². The van der Waals surface area contributed by atoms with Crippen LogP contribution in [0.25, 0.3) is 0 Å². The maximum Gasteiger partial charge on any atom is 0.0521 e. The molecule has 2 aromatic heterocycles. The molecule has 3 N–H and O–H groups in total. The molecule has 1 atom stereocenters. The van der Waals surface area contributed by atoms with E-state index in [2.05, 4.69) is 21.6 Å². The molecule has 102 valence electrons. The zero-order valence-electron chi connectivity index (χ0n) is 11.3. The largest absolute Gasteiger partial charge is 0.276 e. The van der Waals surface area contributed by atoms with Crippen molar-refractivity contribution in [2.75, 3.05) is 0 Å². The lowest BCUT2D eigenvalue weighted by Crippen LogP contribution is -2.35. The molecule has 0 spiro atoms. The van der Waals surface area contributed by atoms with E-state index in [9.17, 15) is 0 Å². The number of hydrogen-bond donors (Lipinski definition) is 2. The molecule has 0 saturated heterocycles. The van der Waals surface area contributed by atoms with Crippen LogP contribution in [0.15, 0.2) is 36.8 Å². The summed E-state index contributed by atoms with van der Waals surface area (Å²) in [6.45, 7) is 0. The van der Waals surface area contributed by atoms with Crippen LogP contribution >= 0.6 is 0 Å². The molecule has 0 radical (unpaired) electrons. The molecule has 0 saturated carbocycles. The average molecular weight is 259 g/mol. The number of nitrogens with two attached hydrogens (primary N) is 1. The number of hydrazine groups is 1. The minimum absolute atomic E-state index is 0.308. The summed E-state index contributed by atoms with van der Waals surface area (Å²) in [6, 6.07) is 6.31. The van der Waals surface area contributed by atoms with Crippen LogP contribution in [-0.4, -0.2) is 20.8 Å². The van der Waals surface area contributed by atoms with Gasteiger partial charge in [-0.1, -0.05) is 6.07 Å². The van der Waals surface area contributed by atoms with Crippen LogP contribution in [0.3, 0.4) is 0 Å². The second kappa shape index (κ2) is 7.01. The van der Waals surface area contributed by atoms with Crippen LogP contribution in [0.5, 0.6) is 0 Å². The number of aryl methyl sites for hydroxylation is 3. The summed E-state index contributed by atoms with van der Waals surface area (Å²) in [6.07, 6.45) is 9.73. The molecular formula is C14H21N5. The van der Waals surface area contributed by atoms with Gasteiger partial charge in [0, 0.05) is 31.2 Å². The second-order valence-electron chi connectivity index (χ2n) is 4.78. The van der Waals surface area contributed by atoms with Crippen molar-refractivity contribution in [1.82, 2.24) is 20.2 Å². The smallest absolute Gasteiger partial charge is 0.0521 e. The third-order valence-corrected chi connectivity index (χ3v) is 3.25. The summed E-state index contributed by atoms with van der Waals surface area (Å²) < 4.78 is 1.83. The topological polar surface area (TPSA) is 68.8 Å². The molecule has 0 amide bonds. The van der Waals surface area contributed by atoms with Crippen molar-refractivity contribution in [3.8, 4) is 0 Å². The van der Waals surface area contributed by atoms with Gasteiger partial charge in [0.1, 0.15) is 0 Å². The van der Waals surface area contributed by atoms with Crippen LogP contribution in [-0.2, 0) is 19.9 Å². The van der Waals surface area contributed by atoms with Gasteiger partial charge in [0.15, 0.2) is 0 Å². The molecule has 5 heteroatoms. The van der Waals surface area contributed by atoms with Crippen molar-refractivity contribution >= 4 is 0 Å². The lowest BCUT2D eigenvalue weighted by molar-refractivity contribution is 0.462. The van der Waals surface area contributed by atoms with E-state index < -0.39 is 0 Å². The molecule has 0 aliphatic rings. The Hall–Kier alpha value is -1.72. The summed E-state index contributed by atoms with van der Waals surface area (Å²) in [5.74, 6) is 5.62. The van der Waals surface area contributed by atoms with E-state index in [1.807, 2.05) is 42.5 Å². The molecule has 0 aliphatic carbocycles. The number of rotatable bonds is 7. The molecular weight excluding hydrogens is 238 g/mol. The standard InChI is InChI=1S/C14H21N5/c1-19-11-12(10-17-19)5-6-14(18-15)8-7-13-4-2-3-9-16-13/h2-4,9-11,14,18H,5-8,15H2,1H3. The van der Waals surface area contributed by atoms with Gasteiger partial charge in [0.05, 0.1) is 6.20 Å². The van der Waals surface area contributed by atoms with Crippen LogP contribution < -0.4 is 11.3 Å². The maximum atomic E-state index is 5.62. The number of hydrogen-bond acceptors (Lipinski definition) is 4. The van der Waals surface area contributed by atoms with Gasteiger partial charge >= 0.3 is 0 Å². The summed E-state index contributed by atoms with van der Waals surface area (Å²) in [4.78, 5) is 4.32. The monoisotopic (exact) mass is 259 g/mol. The Morgan fingerprint density at radius 3 is 2.79 bits per heavy atom. The lowest BCUT2D eigenvalue weighted by Gasteiger charge is -2.14. The van der Waals surface area contributed by atoms with Crippen molar-refractivity contribution in [2.45, 2.75) is 31.7 Å². The Bertz CT molecular complexity index is 480. The average Bonchev–Trinajstić information content (AvgIpc) is 2.86. The normalized spacial score (nSPS) is 12.5. The number of pyridine rings is 1. The summed E-state index contributed by atoms with van der Waals surface area (Å²) >= 11 is 0. The Morgan fingerprint density at radius 1 is 1.32 bits per heavy atom. The van der Waals surface area contributed by atoms with E-state index in [1.165, 1.54) is 5.56 Å². The third-order valence-electron chi connectivity index (χ3n) is 3.25. The molecule has 5 nitrogen and oxygen atoms in total. The molecule has 2 aromatic rings. The molecule has 0 aromatic carbocycles. The first-order valence-electron chi connectivity index (χ1n) is 6.61. The highest BCUT2D eigenvalue weighted by atomic mass is 15.2. The zero-order chi connectivity index (χ0) is 13.5. The molecule has 2 rings (SSSR count). The Balaban J connectivity index is 1.77. The van der Waals surface area contributed by atoms with E-state index in [4.69, 9.17) is 5.84 Å². The first-order chi connectivity index (χ1) is 9.28. The SMILES string of the molecule is Cn1cc(CCC(CCc2ccccn2)NN)cn1. The quantitative estimate of drug-likeness (QED) is 0.579. The minimum Gasteiger partial charge on any atom is -0.276 e. The summed E-state index contributed by atoms with van der Waals surface area (Å²) in [7, 11) is 1.93. The van der Waals surface area contributed by atoms with E-state index >= 15 is 0 Å². The Labute approximate surface area is 113 Å². The van der Waals surface area contributed by atoms with Crippen LogP contribution in [0, 0.1) is 0 Å². The van der Waals surface area contributed by atoms with E-state index in [1.54, 1.807) is 0 Å². The van der Waals surface area contributed by atoms with Crippen molar-refractivity contribution in [1.29, 1.82) is 0 Å². The molecule has 19 heavy (non-hydrogen) atoms. The first kappa shape index (κ1) is 13.7. The van der Waals surface area contributed by atoms with Gasteiger partial charge in [-0.2, -0.15) is 5.10 Å². The van der Waals surface area contributed by atoms with Gasteiger partial charge in [-0.25, -0.2) is 0 Å². The highest BCUT2D eigenvalue weighted by Crippen LogP contribution is 2.08. The van der Waals surface area contributed by atoms with Gasteiger partial charge in [0.25, 0.3) is 0 Å². The fraction of sp³-hybridized carbons (Fsp3) is 0.429. The number of nitrogens with zero attached hydrogens (tertiary/aromatic N) is 3. The van der Waals surface area contributed by atoms with Gasteiger partial charge in [-0.05, 0) is 43.4 Å². The van der Waals surface area contributed by atoms with Crippen LogP contribution in [0.1, 0.15) is 24.1 Å². The minimum atomic E-state index is 0.308. The fourth-order valence-corrected chi connectivity index (χ4v) is 2.12. The highest BCUT2D eigenvalue weighted by molar-refractivity contribution is 5.05. The van der Waals surface area contributed by atoms with Crippen molar-refractivity contribution < 1.29 is 0 Å². The zero-order valence-corrected chi connectivity index (χ0v) is 11.3. The summed E-state index contributed by atoms with van der Waals surface area (Å²) in [5, 5.41) is 4.17. The van der Waals surface area contributed by atoms with Gasteiger partial charge in [-0.15, -0.1) is 0 Å². The van der Waals surface area contributed by atoms with Crippen molar-refractivity contribution in [3.05, 3.63) is 48.0 Å². The van der Waals surface area contributed by atoms with Crippen LogP contribution in [0.4, 0.5) is 0 Å². The van der Waals surface area contributed by atoms with E-state index in [0.717, 1.165) is 31.4 Å². The third kappa shape index (κ3) is 4.46. The number of aromatic nitrogens is 3. The first-order valence-corrected chi connectivity index (χ1v) is 6.61. The molecule has 2 heterocycles. The molecule has 1 unspecified atom stereocenters. The van der Waals surface area contributed by atoms with Gasteiger partial charge in [-0.3, -0.25) is 20.9 Å². The van der Waals surface area contributed by atoms with Crippen molar-refractivity contribution in [3.63, 3.8) is 0 Å².